The van der Waals surface area contributed by atoms with Crippen LogP contribution < -0.4 is 0 Å². The van der Waals surface area contributed by atoms with Gasteiger partial charge in [0.25, 0.3) is 0 Å². The van der Waals surface area contributed by atoms with Crippen LogP contribution in [0.3, 0.4) is 0 Å². The molecule has 2 heteroatoms. The average molecular weight is 258 g/mol. The molecule has 0 bridgehead atoms. The quantitative estimate of drug-likeness (QED) is 0.865. The third kappa shape index (κ3) is 2.00. The molecule has 1 aliphatic carbocycles. The monoisotopic (exact) mass is 258 g/mol. The van der Waals surface area contributed by atoms with E-state index in [4.69, 9.17) is 0 Å². The second-order valence-electron chi connectivity index (χ2n) is 5.15. The van der Waals surface area contributed by atoms with Crippen molar-refractivity contribution in [2.45, 2.75) is 39.2 Å². The third-order valence-electron chi connectivity index (χ3n) is 3.81. The summed E-state index contributed by atoms with van der Waals surface area (Å²) in [6.07, 6.45) is 3.14. The summed E-state index contributed by atoms with van der Waals surface area (Å²) in [6.45, 7) is 4.18. The summed E-state index contributed by atoms with van der Waals surface area (Å²) in [5.41, 5.74) is 4.99. The Bertz CT molecular complexity index is 583. The topological polar surface area (TPSA) is 20.2 Å². The minimum atomic E-state index is -0.471. The highest BCUT2D eigenvalue weighted by molar-refractivity contribution is 7.12. The summed E-state index contributed by atoms with van der Waals surface area (Å²) in [5.74, 6) is 0. The van der Waals surface area contributed by atoms with Crippen molar-refractivity contribution in [3.05, 3.63) is 56.3 Å². The number of benzene rings is 1. The molecule has 1 atom stereocenters. The van der Waals surface area contributed by atoms with E-state index < -0.39 is 6.10 Å². The summed E-state index contributed by atoms with van der Waals surface area (Å²) < 4.78 is 0. The second-order valence-corrected chi connectivity index (χ2v) is 6.61. The molecular formula is C16H18OS. The molecule has 3 rings (SSSR count). The maximum absolute atomic E-state index is 10.5. The first-order valence-electron chi connectivity index (χ1n) is 6.52. The Labute approximate surface area is 112 Å². The summed E-state index contributed by atoms with van der Waals surface area (Å²) >= 11 is 1.76. The Balaban J connectivity index is 1.97. The molecule has 0 amide bonds. The highest BCUT2D eigenvalue weighted by Crippen LogP contribution is 2.32. The zero-order valence-electron chi connectivity index (χ0n) is 10.9. The number of hydrogen-bond acceptors (Lipinski definition) is 2. The minimum Gasteiger partial charge on any atom is -0.384 e. The van der Waals surface area contributed by atoms with Crippen LogP contribution in [-0.2, 0) is 12.8 Å². The second kappa shape index (κ2) is 4.52. The van der Waals surface area contributed by atoms with Crippen LogP contribution in [0.15, 0.2) is 24.3 Å². The molecule has 0 aliphatic heterocycles. The predicted molar refractivity (Wildman–Crippen MR) is 76.3 cm³/mol. The van der Waals surface area contributed by atoms with E-state index in [1.54, 1.807) is 11.3 Å². The van der Waals surface area contributed by atoms with E-state index in [9.17, 15) is 5.11 Å². The van der Waals surface area contributed by atoms with E-state index in [1.807, 2.05) is 0 Å². The lowest BCUT2D eigenvalue weighted by Crippen LogP contribution is -2.00. The molecule has 18 heavy (non-hydrogen) atoms. The zero-order chi connectivity index (χ0) is 12.7. The summed E-state index contributed by atoms with van der Waals surface area (Å²) in [7, 11) is 0. The lowest BCUT2D eigenvalue weighted by molar-refractivity contribution is 0.220. The normalized spacial score (nSPS) is 15.7. The molecule has 1 aromatic heterocycles. The van der Waals surface area contributed by atoms with E-state index >= 15 is 0 Å². The molecule has 0 fully saturated rings. The van der Waals surface area contributed by atoms with Crippen LogP contribution in [0.25, 0.3) is 0 Å². The molecule has 1 unspecified atom stereocenters. The fourth-order valence-corrected chi connectivity index (χ4v) is 3.82. The molecular weight excluding hydrogens is 240 g/mol. The van der Waals surface area contributed by atoms with Gasteiger partial charge in [0.05, 0.1) is 0 Å². The summed E-state index contributed by atoms with van der Waals surface area (Å²) in [5, 5.41) is 10.5. The van der Waals surface area contributed by atoms with E-state index in [1.165, 1.54) is 33.7 Å². The van der Waals surface area contributed by atoms with Gasteiger partial charge in [0.15, 0.2) is 0 Å². The van der Waals surface area contributed by atoms with Crippen molar-refractivity contribution in [3.63, 3.8) is 0 Å². The molecule has 0 saturated heterocycles. The Morgan fingerprint density at radius 2 is 1.89 bits per heavy atom. The minimum absolute atomic E-state index is 0.471. The van der Waals surface area contributed by atoms with Crippen molar-refractivity contribution in [2.24, 2.45) is 0 Å². The molecule has 0 radical (unpaired) electrons. The highest BCUT2D eigenvalue weighted by atomic mass is 32.1. The first-order chi connectivity index (χ1) is 8.65. The van der Waals surface area contributed by atoms with Gasteiger partial charge < -0.3 is 5.11 Å². The maximum Gasteiger partial charge on any atom is 0.105 e. The van der Waals surface area contributed by atoms with Crippen LogP contribution in [0, 0.1) is 13.8 Å². The van der Waals surface area contributed by atoms with Crippen LogP contribution in [0.1, 0.15) is 44.5 Å². The van der Waals surface area contributed by atoms with Gasteiger partial charge in [-0.15, -0.1) is 11.3 Å². The van der Waals surface area contributed by atoms with Crippen molar-refractivity contribution in [3.8, 4) is 0 Å². The number of fused-ring (bicyclic) bond motifs is 1. The average Bonchev–Trinajstić information content (AvgIpc) is 2.93. The van der Waals surface area contributed by atoms with Gasteiger partial charge in [0.1, 0.15) is 6.10 Å². The molecule has 2 aromatic rings. The molecule has 0 saturated carbocycles. The molecule has 1 aliphatic rings. The predicted octanol–water partition coefficient (Wildman–Crippen LogP) is 3.94. The van der Waals surface area contributed by atoms with Gasteiger partial charge in [-0.1, -0.05) is 18.2 Å². The van der Waals surface area contributed by atoms with Crippen molar-refractivity contribution in [2.75, 3.05) is 0 Å². The van der Waals surface area contributed by atoms with Crippen molar-refractivity contribution >= 4 is 11.3 Å². The third-order valence-corrected chi connectivity index (χ3v) is 4.79. The Morgan fingerprint density at radius 3 is 2.61 bits per heavy atom. The van der Waals surface area contributed by atoms with Gasteiger partial charge in [0.2, 0.25) is 0 Å². The first-order valence-corrected chi connectivity index (χ1v) is 7.33. The molecule has 94 valence electrons. The number of rotatable bonds is 2. The van der Waals surface area contributed by atoms with Crippen LogP contribution >= 0.6 is 11.3 Å². The van der Waals surface area contributed by atoms with Gasteiger partial charge >= 0.3 is 0 Å². The molecule has 1 N–H and O–H groups in total. The van der Waals surface area contributed by atoms with Crippen molar-refractivity contribution in [1.29, 1.82) is 0 Å². The smallest absolute Gasteiger partial charge is 0.105 e. The standard InChI is InChI=1S/C16H18OS/c1-10-8-15(11(2)18-10)16(17)14-7-6-12-4-3-5-13(12)9-14/h6-9,16-17H,3-5H2,1-2H3. The van der Waals surface area contributed by atoms with Crippen LogP contribution in [-0.4, -0.2) is 5.11 Å². The number of aliphatic hydroxyl groups excluding tert-OH is 1. The van der Waals surface area contributed by atoms with E-state index in [2.05, 4.69) is 38.1 Å². The fraction of sp³-hybridized carbons (Fsp3) is 0.375. The van der Waals surface area contributed by atoms with Crippen LogP contribution in [0.2, 0.25) is 0 Å². The molecule has 1 aromatic carbocycles. The number of thiophene rings is 1. The molecule has 1 nitrogen and oxygen atoms in total. The highest BCUT2D eigenvalue weighted by Gasteiger charge is 2.18. The first kappa shape index (κ1) is 11.9. The Hall–Kier alpha value is -1.12. The number of aryl methyl sites for hydroxylation is 4. The van der Waals surface area contributed by atoms with Gasteiger partial charge in [-0.25, -0.2) is 0 Å². The summed E-state index contributed by atoms with van der Waals surface area (Å²) in [4.78, 5) is 2.49. The number of hydrogen-bond donors (Lipinski definition) is 1. The maximum atomic E-state index is 10.5. The van der Waals surface area contributed by atoms with Gasteiger partial charge in [0, 0.05) is 9.75 Å². The van der Waals surface area contributed by atoms with E-state index in [-0.39, 0.29) is 0 Å². The van der Waals surface area contributed by atoms with Gasteiger partial charge in [-0.05, 0) is 61.4 Å². The van der Waals surface area contributed by atoms with Gasteiger partial charge in [-0.2, -0.15) is 0 Å². The van der Waals surface area contributed by atoms with Crippen molar-refractivity contribution in [1.82, 2.24) is 0 Å². The zero-order valence-corrected chi connectivity index (χ0v) is 11.7. The Kier molecular flexibility index (Phi) is 3.00. The van der Waals surface area contributed by atoms with E-state index in [0.29, 0.717) is 0 Å². The largest absolute Gasteiger partial charge is 0.384 e. The van der Waals surface area contributed by atoms with Crippen LogP contribution in [0.5, 0.6) is 0 Å². The fourth-order valence-electron chi connectivity index (χ4n) is 2.86. The lowest BCUT2D eigenvalue weighted by Gasteiger charge is -2.12. The number of aliphatic hydroxyl groups is 1. The summed E-state index contributed by atoms with van der Waals surface area (Å²) in [6, 6.07) is 8.58. The Morgan fingerprint density at radius 1 is 1.11 bits per heavy atom. The molecule has 0 spiro atoms. The lowest BCUT2D eigenvalue weighted by atomic mass is 9.98. The molecule has 1 heterocycles. The van der Waals surface area contributed by atoms with Crippen LogP contribution in [0.4, 0.5) is 0 Å². The SMILES string of the molecule is Cc1cc(C(O)c2ccc3c(c2)CCC3)c(C)s1. The van der Waals surface area contributed by atoms with Crippen molar-refractivity contribution < 1.29 is 5.11 Å². The van der Waals surface area contributed by atoms with E-state index in [0.717, 1.165) is 17.5 Å². The van der Waals surface area contributed by atoms with Gasteiger partial charge in [-0.3, -0.25) is 0 Å².